The van der Waals surface area contributed by atoms with Gasteiger partial charge in [0.1, 0.15) is 12.7 Å². The lowest BCUT2D eigenvalue weighted by molar-refractivity contribution is -0.147. The Hall–Kier alpha value is -3.59. The molecule has 2 unspecified atom stereocenters. The van der Waals surface area contributed by atoms with Crippen LogP contribution in [0.3, 0.4) is 0 Å². The number of carbonyl (C=O) groups is 2. The van der Waals surface area contributed by atoms with E-state index in [0.717, 1.165) is 64.2 Å². The monoisotopic (exact) mass is 812 g/mol. The molecule has 0 saturated carbocycles. The van der Waals surface area contributed by atoms with E-state index in [1.807, 2.05) is 18.2 Å². The van der Waals surface area contributed by atoms with Gasteiger partial charge in [-0.2, -0.15) is 0 Å². The van der Waals surface area contributed by atoms with Gasteiger partial charge in [-0.1, -0.05) is 148 Å². The minimum Gasteiger partial charge on any atom is -0.463 e. The Bertz CT molecular complexity index is 1340. The standard InChI is InChI=1S/C47H74NO8P/c1-3-5-7-9-11-13-15-17-19-21-22-24-25-27-29-31-33-35-37-39-46(50)48-41-42-55-57(52,53)56-44-45(49)43-54-47(51)40-38-36-34-32-30-28-26-23-20-18-16-14-12-10-8-6-4-2/h5,7,11-14,17-20,22,24,26-29,32-35,45,49H,3-4,6,8-10,15-16,21,23,25,30-31,36-44H2,1-2H3,(H,48,50)(H,52,53)/b7-5-,13-11-,14-12-,19-17-,20-18-,24-22-,28-26-,29-27-,34-32-,35-33-. The van der Waals surface area contributed by atoms with Crippen molar-refractivity contribution in [1.82, 2.24) is 5.32 Å². The van der Waals surface area contributed by atoms with E-state index in [9.17, 15) is 24.2 Å². The van der Waals surface area contributed by atoms with Crippen LogP contribution in [-0.4, -0.2) is 54.3 Å². The van der Waals surface area contributed by atoms with Gasteiger partial charge < -0.3 is 20.1 Å². The van der Waals surface area contributed by atoms with Crippen LogP contribution in [0.5, 0.6) is 0 Å². The Kier molecular flexibility index (Phi) is 39.4. The number of phosphoric ester groups is 1. The van der Waals surface area contributed by atoms with E-state index in [1.54, 1.807) is 0 Å². The topological polar surface area (TPSA) is 131 Å². The van der Waals surface area contributed by atoms with E-state index in [-0.39, 0.29) is 38.5 Å². The van der Waals surface area contributed by atoms with Gasteiger partial charge in [0.05, 0.1) is 13.2 Å². The lowest BCUT2D eigenvalue weighted by Crippen LogP contribution is -2.27. The van der Waals surface area contributed by atoms with Crippen molar-refractivity contribution >= 4 is 19.7 Å². The molecule has 1 amide bonds. The van der Waals surface area contributed by atoms with E-state index < -0.39 is 26.5 Å². The second-order valence-electron chi connectivity index (χ2n) is 13.2. The molecule has 0 aromatic carbocycles. The molecule has 0 aliphatic rings. The van der Waals surface area contributed by atoms with Gasteiger partial charge in [-0.05, 0) is 89.9 Å². The van der Waals surface area contributed by atoms with Gasteiger partial charge >= 0.3 is 13.8 Å². The van der Waals surface area contributed by atoms with E-state index >= 15 is 0 Å². The Morgan fingerprint density at radius 3 is 1.47 bits per heavy atom. The number of carbonyl (C=O) groups excluding carboxylic acids is 2. The summed E-state index contributed by atoms with van der Waals surface area (Å²) in [5, 5.41) is 12.6. The van der Waals surface area contributed by atoms with Gasteiger partial charge in [0.15, 0.2) is 0 Å². The molecular formula is C47H74NO8P. The van der Waals surface area contributed by atoms with Crippen molar-refractivity contribution in [3.63, 3.8) is 0 Å². The summed E-state index contributed by atoms with van der Waals surface area (Å²) in [6.45, 7) is 3.21. The van der Waals surface area contributed by atoms with Crippen LogP contribution in [0.2, 0.25) is 0 Å². The maximum Gasteiger partial charge on any atom is 0.472 e. The molecule has 0 radical (unpaired) electrons. The Morgan fingerprint density at radius 2 is 1.00 bits per heavy atom. The van der Waals surface area contributed by atoms with Gasteiger partial charge in [-0.15, -0.1) is 0 Å². The van der Waals surface area contributed by atoms with Crippen molar-refractivity contribution in [3.05, 3.63) is 122 Å². The fourth-order valence-electron chi connectivity index (χ4n) is 4.75. The fraction of sp³-hybridized carbons (Fsp3) is 0.532. The number of esters is 1. The highest BCUT2D eigenvalue weighted by molar-refractivity contribution is 7.47. The van der Waals surface area contributed by atoms with Crippen LogP contribution in [0.25, 0.3) is 0 Å². The Balaban J connectivity index is 3.82. The van der Waals surface area contributed by atoms with Crippen LogP contribution in [0.15, 0.2) is 122 Å². The largest absolute Gasteiger partial charge is 0.472 e. The van der Waals surface area contributed by atoms with Crippen molar-refractivity contribution in [2.75, 3.05) is 26.4 Å². The summed E-state index contributed by atoms with van der Waals surface area (Å²) in [6, 6.07) is 0. The molecule has 3 N–H and O–H groups in total. The first-order chi connectivity index (χ1) is 27.8. The number of ether oxygens (including phenoxy) is 1. The van der Waals surface area contributed by atoms with Crippen LogP contribution in [0.1, 0.15) is 129 Å². The van der Waals surface area contributed by atoms with Gasteiger partial charge in [-0.25, -0.2) is 4.57 Å². The van der Waals surface area contributed by atoms with Crippen LogP contribution < -0.4 is 5.32 Å². The highest BCUT2D eigenvalue weighted by Gasteiger charge is 2.23. The number of rotatable bonds is 37. The molecule has 9 nitrogen and oxygen atoms in total. The SMILES string of the molecule is CC/C=C\C/C=C\C/C=C\C/C=C\C/C=C\C/C=C\CCC(=O)NCCOP(=O)(O)OCC(O)COC(=O)CCC/C=C\C/C=C\C/C=C\C/C=C\CCCCC. The van der Waals surface area contributed by atoms with Crippen molar-refractivity contribution in [2.45, 2.75) is 136 Å². The Morgan fingerprint density at radius 1 is 0.561 bits per heavy atom. The second-order valence-corrected chi connectivity index (χ2v) is 14.7. The number of amides is 1. The summed E-state index contributed by atoms with van der Waals surface area (Å²) >= 11 is 0. The minimum absolute atomic E-state index is 0.0255. The number of allylic oxidation sites excluding steroid dienone is 20. The zero-order valence-corrected chi connectivity index (χ0v) is 35.9. The van der Waals surface area contributed by atoms with Crippen LogP contribution in [0, 0.1) is 0 Å². The van der Waals surface area contributed by atoms with E-state index in [0.29, 0.717) is 12.8 Å². The third kappa shape index (κ3) is 43.4. The second kappa shape index (κ2) is 42.0. The summed E-state index contributed by atoms with van der Waals surface area (Å²) < 4.78 is 26.8. The maximum atomic E-state index is 12.1. The van der Waals surface area contributed by atoms with Crippen LogP contribution in [0.4, 0.5) is 0 Å². The zero-order valence-electron chi connectivity index (χ0n) is 35.0. The first kappa shape index (κ1) is 53.4. The third-order valence-electron chi connectivity index (χ3n) is 7.89. The van der Waals surface area contributed by atoms with Gasteiger partial charge in [-0.3, -0.25) is 18.6 Å². The van der Waals surface area contributed by atoms with Crippen molar-refractivity contribution in [1.29, 1.82) is 0 Å². The highest BCUT2D eigenvalue weighted by atomic mass is 31.2. The van der Waals surface area contributed by atoms with Gasteiger partial charge in [0, 0.05) is 19.4 Å². The zero-order chi connectivity index (χ0) is 41.8. The molecule has 0 aliphatic heterocycles. The van der Waals surface area contributed by atoms with Crippen LogP contribution in [-0.2, 0) is 27.9 Å². The predicted molar refractivity (Wildman–Crippen MR) is 238 cm³/mol. The molecule has 0 saturated heterocycles. The third-order valence-corrected chi connectivity index (χ3v) is 8.87. The smallest absolute Gasteiger partial charge is 0.463 e. The Labute approximate surface area is 345 Å². The summed E-state index contributed by atoms with van der Waals surface area (Å²) in [4.78, 5) is 33.8. The number of aliphatic hydroxyl groups is 1. The molecule has 0 aromatic rings. The summed E-state index contributed by atoms with van der Waals surface area (Å²) in [6.07, 6.45) is 57.2. The molecule has 0 aromatic heterocycles. The quantitative estimate of drug-likeness (QED) is 0.0245. The summed E-state index contributed by atoms with van der Waals surface area (Å²) in [5.74, 6) is -0.673. The molecule has 0 aliphatic carbocycles. The van der Waals surface area contributed by atoms with Crippen LogP contribution >= 0.6 is 7.82 Å². The molecule has 57 heavy (non-hydrogen) atoms. The number of hydrogen-bond acceptors (Lipinski definition) is 7. The molecule has 0 spiro atoms. The molecular weight excluding hydrogens is 737 g/mol. The average Bonchev–Trinajstić information content (AvgIpc) is 3.20. The first-order valence-electron chi connectivity index (χ1n) is 21.0. The lowest BCUT2D eigenvalue weighted by atomic mass is 10.2. The molecule has 0 rings (SSSR count). The molecule has 320 valence electrons. The highest BCUT2D eigenvalue weighted by Crippen LogP contribution is 2.42. The number of hydrogen-bond donors (Lipinski definition) is 3. The molecule has 0 fully saturated rings. The predicted octanol–water partition coefficient (Wildman–Crippen LogP) is 11.8. The van der Waals surface area contributed by atoms with E-state index in [1.165, 1.54) is 25.7 Å². The van der Waals surface area contributed by atoms with Gasteiger partial charge in [0.2, 0.25) is 5.91 Å². The minimum atomic E-state index is -4.46. The normalized spacial score (nSPS) is 14.5. The lowest BCUT2D eigenvalue weighted by Gasteiger charge is -2.15. The molecule has 0 bridgehead atoms. The summed E-state index contributed by atoms with van der Waals surface area (Å²) in [5.41, 5.74) is 0. The number of unbranched alkanes of at least 4 members (excludes halogenated alkanes) is 4. The summed E-state index contributed by atoms with van der Waals surface area (Å²) in [7, 11) is -4.46. The number of nitrogens with one attached hydrogen (secondary N) is 1. The van der Waals surface area contributed by atoms with E-state index in [2.05, 4.69) is 122 Å². The number of phosphoric acid groups is 1. The van der Waals surface area contributed by atoms with E-state index in [4.69, 9.17) is 13.8 Å². The number of aliphatic hydroxyl groups excluding tert-OH is 1. The van der Waals surface area contributed by atoms with Crippen molar-refractivity contribution in [2.24, 2.45) is 0 Å². The molecule has 2 atom stereocenters. The van der Waals surface area contributed by atoms with Crippen molar-refractivity contribution < 1.29 is 37.9 Å². The molecule has 10 heteroatoms. The first-order valence-corrected chi connectivity index (χ1v) is 22.5. The maximum absolute atomic E-state index is 12.1. The van der Waals surface area contributed by atoms with Gasteiger partial charge in [0.25, 0.3) is 0 Å². The molecule has 0 heterocycles. The van der Waals surface area contributed by atoms with Crippen molar-refractivity contribution in [3.8, 4) is 0 Å². The fourth-order valence-corrected chi connectivity index (χ4v) is 5.50. The average molecular weight is 812 g/mol.